The average Bonchev–Trinajstić information content (AvgIpc) is 3.61. The molecule has 0 radical (unpaired) electrons. The molecule has 256 valence electrons. The zero-order chi connectivity index (χ0) is 34.3. The molecule has 12 nitrogen and oxygen atoms in total. The van der Waals surface area contributed by atoms with Gasteiger partial charge in [0.25, 0.3) is 0 Å². The second kappa shape index (κ2) is 12.6. The third-order valence-corrected chi connectivity index (χ3v) is 8.23. The van der Waals surface area contributed by atoms with Crippen molar-refractivity contribution in [2.45, 2.75) is 148 Å². The van der Waals surface area contributed by atoms with Crippen LogP contribution in [0.1, 0.15) is 112 Å². The van der Waals surface area contributed by atoms with Gasteiger partial charge in [-0.25, -0.2) is 19.2 Å². The molecule has 2 fully saturated rings. The van der Waals surface area contributed by atoms with Crippen LogP contribution in [0, 0.1) is 10.8 Å². The predicted molar refractivity (Wildman–Crippen MR) is 172 cm³/mol. The van der Waals surface area contributed by atoms with E-state index >= 15 is 0 Å². The first-order valence-corrected chi connectivity index (χ1v) is 16.1. The minimum atomic E-state index is -1.68. The highest BCUT2D eigenvalue weighted by atomic mass is 16.7. The molecular formula is C34H52N4O8. The quantitative estimate of drug-likeness (QED) is 0.0963. The highest BCUT2D eigenvalue weighted by molar-refractivity contribution is 5.97. The topological polar surface area (TPSA) is 157 Å². The Bertz CT molecular complexity index is 1340. The van der Waals surface area contributed by atoms with E-state index in [9.17, 15) is 14.4 Å². The molecule has 1 heterocycles. The molecule has 12 heteroatoms. The van der Waals surface area contributed by atoms with Gasteiger partial charge in [-0.05, 0) is 137 Å². The number of nitrogens with one attached hydrogen (secondary N) is 4. The van der Waals surface area contributed by atoms with Crippen molar-refractivity contribution in [3.8, 4) is 5.75 Å². The molecule has 1 aromatic rings. The van der Waals surface area contributed by atoms with Crippen LogP contribution < -0.4 is 20.9 Å². The van der Waals surface area contributed by atoms with E-state index in [1.807, 2.05) is 32.9 Å². The number of benzene rings is 1. The largest absolute Gasteiger partial charge is 0.486 e. The summed E-state index contributed by atoms with van der Waals surface area (Å²) in [6.07, 6.45) is 2.48. The summed E-state index contributed by atoms with van der Waals surface area (Å²) in [5.41, 5.74) is 0.231. The number of carbonyl (C=O) groups excluding carboxylic acids is 3. The first-order valence-electron chi connectivity index (χ1n) is 16.1. The predicted octanol–water partition coefficient (Wildman–Crippen LogP) is 5.69. The Balaban J connectivity index is 1.38. The molecule has 0 bridgehead atoms. The molecule has 2 amide bonds. The number of hydrogen-bond donors (Lipinski definition) is 4. The molecule has 1 spiro atoms. The van der Waals surface area contributed by atoms with Crippen molar-refractivity contribution in [2.24, 2.45) is 5.41 Å². The first-order chi connectivity index (χ1) is 21.1. The molecule has 4 N–H and O–H groups in total. The van der Waals surface area contributed by atoms with E-state index in [0.29, 0.717) is 30.8 Å². The number of ether oxygens (including phenoxy) is 4. The molecule has 1 unspecified atom stereocenters. The standard InChI is InChI=1S/C34H52N4O8/c1-30(2,3)43-27(39)33(10,46-38-29(41)45-32(7,8)9)25-13-11-12-20-16-21(14-15-23(20)42-25)26(35)36-22-17-34(18-22)19-24(34)37-28(40)44-31(4,5)6/h14-16,22,24-25H,11-13,17-19H2,1-10H3,(H2,35,36)(H,37,40)(H,38,41)/t22?,24?,25-,33+,34?/m1/s1. The Morgan fingerprint density at radius 1 is 0.848 bits per heavy atom. The van der Waals surface area contributed by atoms with E-state index in [2.05, 4.69) is 16.1 Å². The van der Waals surface area contributed by atoms with Crippen LogP contribution in [0.3, 0.4) is 0 Å². The van der Waals surface area contributed by atoms with Gasteiger partial charge in [-0.3, -0.25) is 5.41 Å². The summed E-state index contributed by atoms with van der Waals surface area (Å²) < 4.78 is 22.8. The van der Waals surface area contributed by atoms with Gasteiger partial charge in [0, 0.05) is 17.6 Å². The monoisotopic (exact) mass is 644 g/mol. The minimum Gasteiger partial charge on any atom is -0.486 e. The first kappa shape index (κ1) is 35.3. The van der Waals surface area contributed by atoms with Crippen molar-refractivity contribution in [3.63, 3.8) is 0 Å². The molecule has 3 aliphatic rings. The van der Waals surface area contributed by atoms with Gasteiger partial charge in [0.15, 0.2) is 0 Å². The van der Waals surface area contributed by atoms with Crippen molar-refractivity contribution < 1.29 is 38.2 Å². The Morgan fingerprint density at radius 2 is 1.46 bits per heavy atom. The smallest absolute Gasteiger partial charge is 0.431 e. The van der Waals surface area contributed by atoms with Crippen molar-refractivity contribution >= 4 is 24.0 Å². The summed E-state index contributed by atoms with van der Waals surface area (Å²) >= 11 is 0. The third kappa shape index (κ3) is 9.04. The summed E-state index contributed by atoms with van der Waals surface area (Å²) in [6, 6.07) is 5.83. The van der Waals surface area contributed by atoms with Crippen molar-refractivity contribution in [1.29, 1.82) is 5.41 Å². The fourth-order valence-electron chi connectivity index (χ4n) is 5.95. The summed E-state index contributed by atoms with van der Waals surface area (Å²) in [4.78, 5) is 43.8. The molecule has 0 aromatic heterocycles. The van der Waals surface area contributed by atoms with E-state index in [1.54, 1.807) is 54.5 Å². The van der Waals surface area contributed by atoms with Gasteiger partial charge in [-0.1, -0.05) is 0 Å². The van der Waals surface area contributed by atoms with Gasteiger partial charge in [-0.15, -0.1) is 0 Å². The Hall–Kier alpha value is -3.54. The molecule has 2 saturated carbocycles. The number of rotatable bonds is 7. The molecule has 0 saturated heterocycles. The van der Waals surface area contributed by atoms with Crippen molar-refractivity contribution in [2.75, 3.05) is 0 Å². The maximum atomic E-state index is 13.5. The van der Waals surface area contributed by atoms with Crippen molar-refractivity contribution in [1.82, 2.24) is 16.1 Å². The van der Waals surface area contributed by atoms with Gasteiger partial charge in [0.1, 0.15) is 34.5 Å². The SMILES string of the molecule is CC(C)(C)OC(=O)NO[C@](C)(C(=O)OC(C)(C)C)[C@H]1CCCc2cc(C(=N)NC3CC4(C3)CC4NC(=O)OC(C)(C)C)ccc2O1. The van der Waals surface area contributed by atoms with Crippen LogP contribution in [0.15, 0.2) is 18.2 Å². The minimum absolute atomic E-state index is 0.0900. The number of amides is 2. The highest BCUT2D eigenvalue weighted by Crippen LogP contribution is 2.60. The number of fused-ring (bicyclic) bond motifs is 1. The van der Waals surface area contributed by atoms with Crippen LogP contribution in [-0.2, 0) is 30.3 Å². The maximum Gasteiger partial charge on any atom is 0.431 e. The fraction of sp³-hybridized carbons (Fsp3) is 0.706. The Labute approximate surface area is 272 Å². The fourth-order valence-corrected chi connectivity index (χ4v) is 5.95. The molecule has 2 aliphatic carbocycles. The lowest BCUT2D eigenvalue weighted by atomic mass is 9.76. The molecule has 4 rings (SSSR count). The van der Waals surface area contributed by atoms with Crippen LogP contribution >= 0.6 is 0 Å². The number of hydroxylamine groups is 1. The van der Waals surface area contributed by atoms with Crippen LogP contribution in [0.25, 0.3) is 0 Å². The number of carbonyl (C=O) groups is 3. The normalized spacial score (nSPS) is 25.3. The maximum absolute atomic E-state index is 13.5. The lowest BCUT2D eigenvalue weighted by molar-refractivity contribution is -0.204. The summed E-state index contributed by atoms with van der Waals surface area (Å²) in [5, 5.41) is 15.1. The Morgan fingerprint density at radius 3 is 2.07 bits per heavy atom. The number of aryl methyl sites for hydroxylation is 1. The Kier molecular flexibility index (Phi) is 9.66. The average molecular weight is 645 g/mol. The van der Waals surface area contributed by atoms with Crippen LogP contribution in [0.4, 0.5) is 9.59 Å². The molecule has 3 atom stereocenters. The molecule has 46 heavy (non-hydrogen) atoms. The van der Waals surface area contributed by atoms with Crippen molar-refractivity contribution in [3.05, 3.63) is 29.3 Å². The summed E-state index contributed by atoms with van der Waals surface area (Å²) in [5.74, 6) is 0.222. The van der Waals surface area contributed by atoms with Crippen LogP contribution in [-0.4, -0.2) is 64.6 Å². The number of amidine groups is 1. The van der Waals surface area contributed by atoms with Gasteiger partial charge in [0.2, 0.25) is 5.60 Å². The van der Waals surface area contributed by atoms with Gasteiger partial charge < -0.3 is 29.6 Å². The van der Waals surface area contributed by atoms with Gasteiger partial charge >= 0.3 is 18.2 Å². The molecule has 1 aliphatic heterocycles. The number of hydrogen-bond acceptors (Lipinski definition) is 9. The van der Waals surface area contributed by atoms with Crippen LogP contribution in [0.5, 0.6) is 5.75 Å². The number of esters is 1. The molecule has 1 aromatic carbocycles. The van der Waals surface area contributed by atoms with E-state index < -0.39 is 40.6 Å². The zero-order valence-electron chi connectivity index (χ0n) is 29.0. The summed E-state index contributed by atoms with van der Waals surface area (Å²) in [7, 11) is 0. The summed E-state index contributed by atoms with van der Waals surface area (Å²) in [6.45, 7) is 17.5. The lowest BCUT2D eigenvalue weighted by Gasteiger charge is -2.38. The molecular weight excluding hydrogens is 592 g/mol. The second-order valence-electron chi connectivity index (χ2n) is 16.0. The van der Waals surface area contributed by atoms with E-state index in [1.165, 1.54) is 0 Å². The van der Waals surface area contributed by atoms with Gasteiger partial charge in [0.05, 0.1) is 0 Å². The third-order valence-electron chi connectivity index (χ3n) is 8.23. The van der Waals surface area contributed by atoms with Gasteiger partial charge in [-0.2, -0.15) is 5.48 Å². The zero-order valence-corrected chi connectivity index (χ0v) is 29.0. The van der Waals surface area contributed by atoms with E-state index in [4.69, 9.17) is 29.2 Å². The highest BCUT2D eigenvalue weighted by Gasteiger charge is 2.62. The van der Waals surface area contributed by atoms with E-state index in [-0.39, 0.29) is 23.6 Å². The van der Waals surface area contributed by atoms with E-state index in [0.717, 1.165) is 30.4 Å². The lowest BCUT2D eigenvalue weighted by Crippen LogP contribution is -2.57. The number of alkyl carbamates (subject to hydrolysis) is 1. The van der Waals surface area contributed by atoms with Crippen LogP contribution in [0.2, 0.25) is 0 Å². The second-order valence-corrected chi connectivity index (χ2v) is 16.0.